The summed E-state index contributed by atoms with van der Waals surface area (Å²) in [6.07, 6.45) is 2.05. The fraction of sp³-hybridized carbons (Fsp3) is 0.174. The minimum absolute atomic E-state index is 0.297. The molecule has 0 aliphatic heterocycles. The van der Waals surface area contributed by atoms with E-state index >= 15 is 0 Å². The van der Waals surface area contributed by atoms with Crippen LogP contribution in [0.25, 0.3) is 0 Å². The molecule has 3 nitrogen and oxygen atoms in total. The Kier molecular flexibility index (Phi) is 6.83. The van der Waals surface area contributed by atoms with E-state index < -0.39 is 0 Å². The summed E-state index contributed by atoms with van der Waals surface area (Å²) in [5.74, 6) is 1.62. The molecule has 0 saturated carbocycles. The van der Waals surface area contributed by atoms with Gasteiger partial charge in [0.2, 0.25) is 0 Å². The second kappa shape index (κ2) is 9.74. The first-order valence-corrected chi connectivity index (χ1v) is 9.54. The summed E-state index contributed by atoms with van der Waals surface area (Å²) in [6.45, 7) is 2.15. The molecule has 27 heavy (non-hydrogen) atoms. The Labute approximate surface area is 166 Å². The Morgan fingerprint density at radius 2 is 1.44 bits per heavy atom. The van der Waals surface area contributed by atoms with Gasteiger partial charge < -0.3 is 15.4 Å². The topological polar surface area (TPSA) is 33.3 Å². The van der Waals surface area contributed by atoms with Crippen LogP contribution in [0.5, 0.6) is 11.5 Å². The average Bonchev–Trinajstić information content (AvgIpc) is 2.69. The van der Waals surface area contributed by atoms with Crippen LogP contribution in [-0.2, 0) is 6.42 Å². The van der Waals surface area contributed by atoms with Crippen LogP contribution < -0.4 is 15.4 Å². The zero-order valence-corrected chi connectivity index (χ0v) is 16.2. The normalized spacial score (nSPS) is 11.4. The molecule has 1 atom stereocenters. The minimum atomic E-state index is 0.297. The van der Waals surface area contributed by atoms with Gasteiger partial charge in [-0.2, -0.15) is 0 Å². The Bertz CT molecular complexity index is 835. The number of aryl methyl sites for hydroxylation is 1. The van der Waals surface area contributed by atoms with E-state index in [-0.39, 0.29) is 0 Å². The number of ether oxygens (including phenoxy) is 1. The van der Waals surface area contributed by atoms with Crippen molar-refractivity contribution in [3.8, 4) is 11.5 Å². The number of benzene rings is 3. The van der Waals surface area contributed by atoms with Crippen molar-refractivity contribution < 1.29 is 4.74 Å². The molecule has 1 unspecified atom stereocenters. The van der Waals surface area contributed by atoms with Crippen molar-refractivity contribution in [1.82, 2.24) is 5.32 Å². The molecule has 4 heteroatoms. The van der Waals surface area contributed by atoms with Crippen molar-refractivity contribution >= 4 is 23.0 Å². The van der Waals surface area contributed by atoms with Crippen molar-refractivity contribution in [2.24, 2.45) is 0 Å². The zero-order valence-electron chi connectivity index (χ0n) is 15.4. The molecule has 2 N–H and O–H groups in total. The van der Waals surface area contributed by atoms with Crippen LogP contribution in [-0.4, -0.2) is 11.2 Å². The Balaban J connectivity index is 1.44. The van der Waals surface area contributed by atoms with Crippen LogP contribution >= 0.6 is 12.2 Å². The van der Waals surface area contributed by atoms with Crippen molar-refractivity contribution in [3.63, 3.8) is 0 Å². The van der Waals surface area contributed by atoms with Gasteiger partial charge in [-0.05, 0) is 73.9 Å². The van der Waals surface area contributed by atoms with Gasteiger partial charge in [0, 0.05) is 11.7 Å². The molecule has 3 aromatic rings. The second-order valence-corrected chi connectivity index (χ2v) is 6.87. The molecule has 3 rings (SSSR count). The maximum atomic E-state index is 5.80. The second-order valence-electron chi connectivity index (χ2n) is 6.46. The van der Waals surface area contributed by atoms with E-state index in [2.05, 4.69) is 41.8 Å². The predicted molar refractivity (Wildman–Crippen MR) is 117 cm³/mol. The highest BCUT2D eigenvalue weighted by Crippen LogP contribution is 2.22. The highest BCUT2D eigenvalue weighted by molar-refractivity contribution is 7.80. The van der Waals surface area contributed by atoms with Gasteiger partial charge in [-0.15, -0.1) is 0 Å². The monoisotopic (exact) mass is 376 g/mol. The molecule has 0 aliphatic rings. The quantitative estimate of drug-likeness (QED) is 0.512. The first-order chi connectivity index (χ1) is 13.2. The van der Waals surface area contributed by atoms with Crippen LogP contribution in [0.4, 0.5) is 5.69 Å². The number of nitrogens with one attached hydrogen (secondary N) is 2. The molecule has 138 valence electrons. The molecule has 0 radical (unpaired) electrons. The van der Waals surface area contributed by atoms with Crippen LogP contribution in [0.2, 0.25) is 0 Å². The first kappa shape index (κ1) is 18.9. The number of thiocarbonyl (C=S) groups is 1. The summed E-state index contributed by atoms with van der Waals surface area (Å²) in [4.78, 5) is 0. The van der Waals surface area contributed by atoms with Crippen molar-refractivity contribution in [2.75, 3.05) is 5.32 Å². The summed E-state index contributed by atoms with van der Waals surface area (Å²) < 4.78 is 5.80. The fourth-order valence-corrected chi connectivity index (χ4v) is 3.04. The van der Waals surface area contributed by atoms with E-state index in [9.17, 15) is 0 Å². The minimum Gasteiger partial charge on any atom is -0.457 e. The molecule has 0 fully saturated rings. The SMILES string of the molecule is CC(CCc1ccccc1)NC(=S)Nc1ccc(Oc2ccccc2)cc1. The molecule has 0 spiro atoms. The Morgan fingerprint density at radius 1 is 0.852 bits per heavy atom. The van der Waals surface area contributed by atoms with Crippen LogP contribution in [0.3, 0.4) is 0 Å². The summed E-state index contributed by atoms with van der Waals surface area (Å²) >= 11 is 5.43. The van der Waals surface area contributed by atoms with Crippen molar-refractivity contribution in [2.45, 2.75) is 25.8 Å². The van der Waals surface area contributed by atoms with Gasteiger partial charge in [-0.3, -0.25) is 0 Å². The fourth-order valence-electron chi connectivity index (χ4n) is 2.72. The van der Waals surface area contributed by atoms with Gasteiger partial charge >= 0.3 is 0 Å². The van der Waals surface area contributed by atoms with Gasteiger partial charge in [0.05, 0.1) is 0 Å². The third kappa shape index (κ3) is 6.42. The van der Waals surface area contributed by atoms with E-state index in [4.69, 9.17) is 17.0 Å². The maximum Gasteiger partial charge on any atom is 0.170 e. The highest BCUT2D eigenvalue weighted by Gasteiger charge is 2.05. The lowest BCUT2D eigenvalue weighted by Crippen LogP contribution is -2.36. The van der Waals surface area contributed by atoms with E-state index in [1.165, 1.54) is 5.56 Å². The Morgan fingerprint density at radius 3 is 2.11 bits per heavy atom. The van der Waals surface area contributed by atoms with Gasteiger partial charge in [-0.25, -0.2) is 0 Å². The third-order valence-corrected chi connectivity index (χ3v) is 4.40. The lowest BCUT2D eigenvalue weighted by Gasteiger charge is -2.17. The molecule has 0 aromatic heterocycles. The number of hydrogen-bond acceptors (Lipinski definition) is 2. The summed E-state index contributed by atoms with van der Waals surface area (Å²) in [7, 11) is 0. The van der Waals surface area contributed by atoms with Gasteiger partial charge in [0.25, 0.3) is 0 Å². The first-order valence-electron chi connectivity index (χ1n) is 9.13. The largest absolute Gasteiger partial charge is 0.457 e. The van der Waals surface area contributed by atoms with E-state index in [0.717, 1.165) is 30.0 Å². The smallest absolute Gasteiger partial charge is 0.170 e. The average molecular weight is 377 g/mol. The number of anilines is 1. The summed E-state index contributed by atoms with van der Waals surface area (Å²) in [5, 5.41) is 7.20. The van der Waals surface area contributed by atoms with Crippen LogP contribution in [0.1, 0.15) is 18.9 Å². The molecule has 0 amide bonds. The van der Waals surface area contributed by atoms with Crippen molar-refractivity contribution in [3.05, 3.63) is 90.5 Å². The molecule has 0 heterocycles. The molecule has 0 aliphatic carbocycles. The number of hydrogen-bond donors (Lipinski definition) is 2. The standard InChI is InChI=1S/C23H24N2OS/c1-18(12-13-19-8-4-2-5-9-19)24-23(27)25-20-14-16-22(17-15-20)26-21-10-6-3-7-11-21/h2-11,14-18H,12-13H2,1H3,(H2,24,25,27). The zero-order chi connectivity index (χ0) is 18.9. The van der Waals surface area contributed by atoms with E-state index in [1.54, 1.807) is 0 Å². The number of rotatable bonds is 7. The van der Waals surface area contributed by atoms with Crippen molar-refractivity contribution in [1.29, 1.82) is 0 Å². The number of para-hydroxylation sites is 1. The molecular weight excluding hydrogens is 352 g/mol. The lowest BCUT2D eigenvalue weighted by molar-refractivity contribution is 0.483. The molecule has 0 bridgehead atoms. The summed E-state index contributed by atoms with van der Waals surface area (Å²) in [6, 6.07) is 28.3. The summed E-state index contributed by atoms with van der Waals surface area (Å²) in [5.41, 5.74) is 2.28. The van der Waals surface area contributed by atoms with Crippen LogP contribution in [0, 0.1) is 0 Å². The third-order valence-electron chi connectivity index (χ3n) is 4.18. The molecular formula is C23H24N2OS. The molecule has 0 saturated heterocycles. The maximum absolute atomic E-state index is 5.80. The van der Waals surface area contributed by atoms with Gasteiger partial charge in [0.15, 0.2) is 5.11 Å². The molecule has 3 aromatic carbocycles. The lowest BCUT2D eigenvalue weighted by atomic mass is 10.1. The van der Waals surface area contributed by atoms with Crippen LogP contribution in [0.15, 0.2) is 84.9 Å². The Hall–Kier alpha value is -2.85. The van der Waals surface area contributed by atoms with Gasteiger partial charge in [0.1, 0.15) is 11.5 Å². The van der Waals surface area contributed by atoms with E-state index in [0.29, 0.717) is 11.2 Å². The highest BCUT2D eigenvalue weighted by atomic mass is 32.1. The van der Waals surface area contributed by atoms with Gasteiger partial charge in [-0.1, -0.05) is 48.5 Å². The predicted octanol–water partition coefficient (Wildman–Crippen LogP) is 5.79. The van der Waals surface area contributed by atoms with E-state index in [1.807, 2.05) is 60.7 Å².